The van der Waals surface area contributed by atoms with Crippen LogP contribution >= 0.6 is 11.3 Å². The van der Waals surface area contributed by atoms with Crippen molar-refractivity contribution in [2.24, 2.45) is 5.14 Å². The molecule has 0 unspecified atom stereocenters. The molecule has 1 aromatic heterocycles. The summed E-state index contributed by atoms with van der Waals surface area (Å²) in [5.41, 5.74) is 2.03. The molecule has 3 N–H and O–H groups in total. The van der Waals surface area contributed by atoms with Crippen LogP contribution in [0.15, 0.2) is 47.4 Å². The zero-order chi connectivity index (χ0) is 20.5. The first-order valence-corrected chi connectivity index (χ1v) is 10.7. The lowest BCUT2D eigenvalue weighted by Gasteiger charge is -2.07. The first kappa shape index (κ1) is 20.1. The Morgan fingerprint density at radius 2 is 1.93 bits per heavy atom. The van der Waals surface area contributed by atoms with E-state index in [4.69, 9.17) is 5.14 Å². The van der Waals surface area contributed by atoms with Gasteiger partial charge in [0.1, 0.15) is 5.82 Å². The Balaban J connectivity index is 1.83. The molecular formula is C19H18FN3O3S2. The maximum Gasteiger partial charge on any atom is 0.257 e. The highest BCUT2D eigenvalue weighted by Gasteiger charge is 2.17. The lowest BCUT2D eigenvalue weighted by molar-refractivity contribution is 0.102. The number of nitrogens with two attached hydrogens (primary N) is 1. The lowest BCUT2D eigenvalue weighted by atomic mass is 10.1. The van der Waals surface area contributed by atoms with Crippen LogP contribution in [0.4, 0.5) is 9.52 Å². The van der Waals surface area contributed by atoms with Crippen molar-refractivity contribution in [3.63, 3.8) is 0 Å². The molecule has 0 spiro atoms. The highest BCUT2D eigenvalue weighted by Crippen LogP contribution is 2.27. The standard InChI is InChI=1S/C19H18FN3O3S2/c1-11-7-8-14(28(21,25)26)10-15(11)18(24)23-19-22-12(2)17(27-19)9-13-5-3-4-6-16(13)20/h3-8,10H,9H2,1-2H3,(H2,21,25,26)(H,22,23,24). The van der Waals surface area contributed by atoms with Gasteiger partial charge in [0, 0.05) is 16.9 Å². The Kier molecular flexibility index (Phi) is 5.59. The number of hydrogen-bond donors (Lipinski definition) is 2. The quantitative estimate of drug-likeness (QED) is 0.662. The molecule has 28 heavy (non-hydrogen) atoms. The van der Waals surface area contributed by atoms with E-state index in [9.17, 15) is 17.6 Å². The predicted octanol–water partition coefficient (Wildman–Crippen LogP) is 3.39. The van der Waals surface area contributed by atoms with E-state index in [1.807, 2.05) is 0 Å². The van der Waals surface area contributed by atoms with Gasteiger partial charge in [0.2, 0.25) is 10.0 Å². The average molecular weight is 420 g/mol. The van der Waals surface area contributed by atoms with Crippen molar-refractivity contribution in [1.29, 1.82) is 0 Å². The van der Waals surface area contributed by atoms with E-state index in [2.05, 4.69) is 10.3 Å². The first-order chi connectivity index (χ1) is 13.1. The van der Waals surface area contributed by atoms with E-state index >= 15 is 0 Å². The van der Waals surface area contributed by atoms with E-state index in [-0.39, 0.29) is 16.3 Å². The normalized spacial score (nSPS) is 11.4. The molecule has 0 saturated carbocycles. The van der Waals surface area contributed by atoms with Gasteiger partial charge in [-0.3, -0.25) is 10.1 Å². The van der Waals surface area contributed by atoms with Gasteiger partial charge in [-0.25, -0.2) is 22.9 Å². The van der Waals surface area contributed by atoms with Crippen molar-refractivity contribution in [3.05, 3.63) is 75.5 Å². The minimum Gasteiger partial charge on any atom is -0.298 e. The second-order valence-corrected chi connectivity index (χ2v) is 8.92. The number of carbonyl (C=O) groups is 1. The third-order valence-corrected chi connectivity index (χ3v) is 6.19. The summed E-state index contributed by atoms with van der Waals surface area (Å²) in [6.07, 6.45) is 0.367. The van der Waals surface area contributed by atoms with Crippen molar-refractivity contribution in [2.45, 2.75) is 25.2 Å². The number of thiazole rings is 1. The number of nitrogens with zero attached hydrogens (tertiary/aromatic N) is 1. The van der Waals surface area contributed by atoms with E-state index in [0.29, 0.717) is 28.4 Å². The lowest BCUT2D eigenvalue weighted by Crippen LogP contribution is -2.17. The van der Waals surface area contributed by atoms with Gasteiger partial charge in [-0.2, -0.15) is 0 Å². The van der Waals surface area contributed by atoms with Gasteiger partial charge in [-0.15, -0.1) is 11.3 Å². The number of nitrogens with one attached hydrogen (secondary N) is 1. The number of primary sulfonamides is 1. The van der Waals surface area contributed by atoms with Crippen molar-refractivity contribution >= 4 is 32.4 Å². The fourth-order valence-corrected chi connectivity index (χ4v) is 4.17. The number of amides is 1. The Labute approximate surface area is 166 Å². The Hall–Kier alpha value is -2.62. The highest BCUT2D eigenvalue weighted by molar-refractivity contribution is 7.89. The summed E-state index contributed by atoms with van der Waals surface area (Å²) < 4.78 is 36.9. The molecular weight excluding hydrogens is 401 g/mol. The number of halogens is 1. The molecule has 6 nitrogen and oxygen atoms in total. The summed E-state index contributed by atoms with van der Waals surface area (Å²) in [7, 11) is -3.92. The third kappa shape index (κ3) is 4.44. The summed E-state index contributed by atoms with van der Waals surface area (Å²) in [6.45, 7) is 3.48. The molecule has 1 amide bonds. The van der Waals surface area contributed by atoms with Gasteiger partial charge in [0.05, 0.1) is 10.6 Å². The minimum absolute atomic E-state index is 0.140. The third-order valence-electron chi connectivity index (χ3n) is 4.20. The predicted molar refractivity (Wildman–Crippen MR) is 107 cm³/mol. The fraction of sp³-hybridized carbons (Fsp3) is 0.158. The zero-order valence-electron chi connectivity index (χ0n) is 15.2. The molecule has 1 heterocycles. The van der Waals surface area contributed by atoms with Crippen molar-refractivity contribution in [2.75, 3.05) is 5.32 Å². The van der Waals surface area contributed by atoms with E-state index < -0.39 is 15.9 Å². The fourth-order valence-electron chi connectivity index (χ4n) is 2.65. The van der Waals surface area contributed by atoms with E-state index in [0.717, 1.165) is 4.88 Å². The van der Waals surface area contributed by atoms with Crippen molar-refractivity contribution in [1.82, 2.24) is 4.98 Å². The largest absolute Gasteiger partial charge is 0.298 e. The number of anilines is 1. The summed E-state index contributed by atoms with van der Waals surface area (Å²) in [5.74, 6) is -0.787. The number of carbonyl (C=O) groups excluding carboxylic acids is 1. The van der Waals surface area contributed by atoms with Crippen LogP contribution in [0.3, 0.4) is 0 Å². The number of aryl methyl sites for hydroxylation is 2. The SMILES string of the molecule is Cc1ccc(S(N)(=O)=O)cc1C(=O)Nc1nc(C)c(Cc2ccccc2F)s1. The molecule has 0 radical (unpaired) electrons. The van der Waals surface area contributed by atoms with Crippen LogP contribution in [-0.2, 0) is 16.4 Å². The molecule has 0 saturated heterocycles. The number of sulfonamides is 1. The maximum absolute atomic E-state index is 13.9. The number of aromatic nitrogens is 1. The summed E-state index contributed by atoms with van der Waals surface area (Å²) in [6, 6.07) is 10.6. The Bertz CT molecular complexity index is 1160. The molecule has 3 aromatic rings. The van der Waals surface area contributed by atoms with Gasteiger partial charge in [0.25, 0.3) is 5.91 Å². The molecule has 0 atom stereocenters. The van der Waals surface area contributed by atoms with Crippen LogP contribution in [0.25, 0.3) is 0 Å². The smallest absolute Gasteiger partial charge is 0.257 e. The Morgan fingerprint density at radius 1 is 1.21 bits per heavy atom. The van der Waals surface area contributed by atoms with Crippen LogP contribution in [0.2, 0.25) is 0 Å². The molecule has 0 aliphatic rings. The monoisotopic (exact) mass is 419 g/mol. The maximum atomic E-state index is 13.9. The number of hydrogen-bond acceptors (Lipinski definition) is 5. The van der Waals surface area contributed by atoms with Gasteiger partial charge >= 0.3 is 0 Å². The summed E-state index contributed by atoms with van der Waals surface area (Å²) in [5, 5.41) is 8.17. The minimum atomic E-state index is -3.92. The van der Waals surface area contributed by atoms with E-state index in [1.165, 1.54) is 35.6 Å². The number of benzene rings is 2. The first-order valence-electron chi connectivity index (χ1n) is 8.29. The molecule has 2 aromatic carbocycles. The number of rotatable bonds is 5. The molecule has 3 rings (SSSR count). The van der Waals surface area contributed by atoms with Crippen molar-refractivity contribution in [3.8, 4) is 0 Å². The van der Waals surface area contributed by atoms with Crippen LogP contribution in [0.5, 0.6) is 0 Å². The van der Waals surface area contributed by atoms with Crippen LogP contribution < -0.4 is 10.5 Å². The summed E-state index contributed by atoms with van der Waals surface area (Å²) in [4.78, 5) is 17.6. The second-order valence-electron chi connectivity index (χ2n) is 6.27. The van der Waals surface area contributed by atoms with Crippen molar-refractivity contribution < 1.29 is 17.6 Å². The molecule has 0 fully saturated rings. The Morgan fingerprint density at radius 3 is 2.61 bits per heavy atom. The van der Waals surface area contributed by atoms with Crippen LogP contribution in [-0.4, -0.2) is 19.3 Å². The van der Waals surface area contributed by atoms with Gasteiger partial charge in [-0.1, -0.05) is 24.3 Å². The highest BCUT2D eigenvalue weighted by atomic mass is 32.2. The molecule has 9 heteroatoms. The average Bonchev–Trinajstić information content (AvgIpc) is 2.95. The van der Waals surface area contributed by atoms with Crippen LogP contribution in [0, 0.1) is 19.7 Å². The van der Waals surface area contributed by atoms with Gasteiger partial charge < -0.3 is 0 Å². The summed E-state index contributed by atoms with van der Waals surface area (Å²) >= 11 is 1.25. The van der Waals surface area contributed by atoms with Gasteiger partial charge in [0.15, 0.2) is 5.13 Å². The molecule has 0 aliphatic carbocycles. The molecule has 0 aliphatic heterocycles. The van der Waals surface area contributed by atoms with E-state index in [1.54, 1.807) is 32.0 Å². The second kappa shape index (κ2) is 7.78. The van der Waals surface area contributed by atoms with Crippen LogP contribution in [0.1, 0.15) is 32.1 Å². The topological polar surface area (TPSA) is 102 Å². The molecule has 146 valence electrons. The molecule has 0 bridgehead atoms. The van der Waals surface area contributed by atoms with Gasteiger partial charge in [-0.05, 0) is 43.2 Å². The zero-order valence-corrected chi connectivity index (χ0v) is 16.8.